The summed E-state index contributed by atoms with van der Waals surface area (Å²) in [4.78, 5) is 24.2. The van der Waals surface area contributed by atoms with Gasteiger partial charge in [0.05, 0.1) is 6.10 Å². The molecule has 2 saturated heterocycles. The van der Waals surface area contributed by atoms with Crippen molar-refractivity contribution in [2.75, 3.05) is 24.5 Å². The molecule has 180 valence electrons. The molecule has 0 N–H and O–H groups in total. The molecule has 2 amide bonds. The molecule has 2 fully saturated rings. The van der Waals surface area contributed by atoms with E-state index in [1.165, 1.54) is 17.7 Å². The first-order valence-corrected chi connectivity index (χ1v) is 12.3. The van der Waals surface area contributed by atoms with Crippen LogP contribution in [0.15, 0.2) is 53.5 Å². The number of hydrogen-bond donors (Lipinski definition) is 0. The lowest BCUT2D eigenvalue weighted by Gasteiger charge is -2.51. The largest absolute Gasteiger partial charge is 0.491 e. The molecule has 0 aliphatic carbocycles. The standard InChI is InChI=1S/C27H33FN4O2/c1-19(2)34-24-10-4-7-21(15-24)18-31-14-11-27(17-20(31)3)25(30-12-6-13-30)29-26(33)32(27)23-9-5-8-22(28)16-23/h4-5,7-10,15-16,19-20H,6,11-14,17-18H2,1-3H3. The van der Waals surface area contributed by atoms with E-state index in [1.807, 2.05) is 32.0 Å². The van der Waals surface area contributed by atoms with Gasteiger partial charge < -0.3 is 9.64 Å². The maximum Gasteiger partial charge on any atom is 0.350 e. The molecule has 2 unspecified atom stereocenters. The summed E-state index contributed by atoms with van der Waals surface area (Å²) in [6, 6.07) is 14.6. The normalized spacial score (nSPS) is 25.1. The molecular weight excluding hydrogens is 431 g/mol. The number of amides is 2. The molecule has 34 heavy (non-hydrogen) atoms. The predicted octanol–water partition coefficient (Wildman–Crippen LogP) is 5.08. The molecule has 2 aromatic carbocycles. The van der Waals surface area contributed by atoms with Crippen LogP contribution >= 0.6 is 0 Å². The monoisotopic (exact) mass is 464 g/mol. The van der Waals surface area contributed by atoms with Crippen molar-refractivity contribution in [1.29, 1.82) is 0 Å². The highest BCUT2D eigenvalue weighted by molar-refractivity contribution is 6.16. The van der Waals surface area contributed by atoms with Crippen LogP contribution in [0, 0.1) is 5.82 Å². The number of carbonyl (C=O) groups excluding carboxylic acids is 1. The second-order valence-electron chi connectivity index (χ2n) is 9.99. The molecule has 1 spiro atoms. The fraction of sp³-hybridized carbons (Fsp3) is 0.481. The zero-order valence-corrected chi connectivity index (χ0v) is 20.2. The van der Waals surface area contributed by atoms with E-state index in [0.29, 0.717) is 5.69 Å². The molecule has 3 aliphatic rings. The van der Waals surface area contributed by atoms with Gasteiger partial charge in [-0.1, -0.05) is 18.2 Å². The fourth-order valence-corrected chi connectivity index (χ4v) is 5.53. The van der Waals surface area contributed by atoms with Gasteiger partial charge in [-0.3, -0.25) is 9.80 Å². The van der Waals surface area contributed by atoms with Crippen LogP contribution in [0.2, 0.25) is 0 Å². The zero-order valence-electron chi connectivity index (χ0n) is 20.2. The highest BCUT2D eigenvalue weighted by Crippen LogP contribution is 2.43. The summed E-state index contributed by atoms with van der Waals surface area (Å²) in [5.41, 5.74) is 1.26. The SMILES string of the molecule is CC(C)Oc1cccc(CN2CCC3(CC2C)C(N2CCC2)=NC(=O)N3c2cccc(F)c2)c1. The minimum atomic E-state index is -0.538. The maximum absolute atomic E-state index is 14.1. The van der Waals surface area contributed by atoms with Gasteiger partial charge in [-0.25, -0.2) is 9.18 Å². The number of piperidine rings is 1. The Bertz CT molecular complexity index is 1100. The van der Waals surface area contributed by atoms with E-state index in [0.717, 1.165) is 57.0 Å². The highest BCUT2D eigenvalue weighted by atomic mass is 19.1. The van der Waals surface area contributed by atoms with E-state index in [4.69, 9.17) is 4.74 Å². The van der Waals surface area contributed by atoms with E-state index in [2.05, 4.69) is 33.8 Å². The van der Waals surface area contributed by atoms with Gasteiger partial charge in [-0.2, -0.15) is 4.99 Å². The molecule has 2 atom stereocenters. The van der Waals surface area contributed by atoms with Gasteiger partial charge in [0.25, 0.3) is 0 Å². The van der Waals surface area contributed by atoms with E-state index in [1.54, 1.807) is 11.0 Å². The van der Waals surface area contributed by atoms with Gasteiger partial charge in [0, 0.05) is 37.9 Å². The number of hydrogen-bond acceptors (Lipinski definition) is 4. The van der Waals surface area contributed by atoms with Crippen LogP contribution in [-0.4, -0.2) is 59.0 Å². The first kappa shape index (κ1) is 22.8. The van der Waals surface area contributed by atoms with Gasteiger partial charge in [-0.15, -0.1) is 0 Å². The minimum Gasteiger partial charge on any atom is -0.491 e. The van der Waals surface area contributed by atoms with Crippen molar-refractivity contribution >= 4 is 17.6 Å². The van der Waals surface area contributed by atoms with E-state index < -0.39 is 5.54 Å². The quantitative estimate of drug-likeness (QED) is 0.619. The molecule has 2 aromatic rings. The van der Waals surface area contributed by atoms with Crippen LogP contribution in [-0.2, 0) is 6.54 Å². The number of rotatable bonds is 5. The Morgan fingerprint density at radius 2 is 1.94 bits per heavy atom. The average Bonchev–Trinajstić information content (AvgIpc) is 3.00. The Labute approximate surface area is 201 Å². The van der Waals surface area contributed by atoms with Gasteiger partial charge in [0.1, 0.15) is 22.9 Å². The average molecular weight is 465 g/mol. The summed E-state index contributed by atoms with van der Waals surface area (Å²) >= 11 is 0. The number of halogens is 1. The second-order valence-corrected chi connectivity index (χ2v) is 9.99. The summed E-state index contributed by atoms with van der Waals surface area (Å²) in [7, 11) is 0. The van der Waals surface area contributed by atoms with E-state index in [9.17, 15) is 9.18 Å². The summed E-state index contributed by atoms with van der Waals surface area (Å²) < 4.78 is 20.0. The number of urea groups is 1. The fourth-order valence-electron chi connectivity index (χ4n) is 5.53. The van der Waals surface area contributed by atoms with Crippen LogP contribution in [0.1, 0.15) is 45.6 Å². The van der Waals surface area contributed by atoms with Crippen LogP contribution in [0.4, 0.5) is 14.9 Å². The molecule has 0 aromatic heterocycles. The van der Waals surface area contributed by atoms with Crippen molar-refractivity contribution in [3.05, 3.63) is 59.9 Å². The first-order chi connectivity index (χ1) is 16.4. The van der Waals surface area contributed by atoms with E-state index in [-0.39, 0.29) is 24.0 Å². The van der Waals surface area contributed by atoms with Crippen molar-refractivity contribution in [1.82, 2.24) is 9.80 Å². The van der Waals surface area contributed by atoms with Crippen molar-refractivity contribution in [3.63, 3.8) is 0 Å². The number of likely N-dealkylation sites (tertiary alicyclic amines) is 2. The molecular formula is C27H33FN4O2. The Morgan fingerprint density at radius 1 is 1.15 bits per heavy atom. The van der Waals surface area contributed by atoms with Crippen molar-refractivity contribution in [2.24, 2.45) is 4.99 Å². The lowest BCUT2D eigenvalue weighted by molar-refractivity contribution is 0.116. The zero-order chi connectivity index (χ0) is 23.9. The minimum absolute atomic E-state index is 0.136. The molecule has 7 heteroatoms. The topological polar surface area (TPSA) is 48.4 Å². The first-order valence-electron chi connectivity index (χ1n) is 12.3. The van der Waals surface area contributed by atoms with Crippen LogP contribution in [0.5, 0.6) is 5.75 Å². The third-order valence-corrected chi connectivity index (χ3v) is 7.18. The number of carbonyl (C=O) groups is 1. The van der Waals surface area contributed by atoms with E-state index >= 15 is 0 Å². The summed E-state index contributed by atoms with van der Waals surface area (Å²) in [5.74, 6) is 1.41. The Hall–Kier alpha value is -2.93. The van der Waals surface area contributed by atoms with Crippen LogP contribution < -0.4 is 9.64 Å². The number of aliphatic imine (C=N–C) groups is 1. The Balaban J connectivity index is 1.40. The third-order valence-electron chi connectivity index (χ3n) is 7.18. The predicted molar refractivity (Wildman–Crippen MR) is 132 cm³/mol. The molecule has 5 rings (SSSR count). The van der Waals surface area contributed by atoms with Gasteiger partial charge >= 0.3 is 6.03 Å². The molecule has 0 radical (unpaired) electrons. The highest BCUT2D eigenvalue weighted by Gasteiger charge is 2.55. The van der Waals surface area contributed by atoms with Gasteiger partial charge in [0.15, 0.2) is 0 Å². The summed E-state index contributed by atoms with van der Waals surface area (Å²) in [6.07, 6.45) is 2.76. The molecule has 0 saturated carbocycles. The van der Waals surface area contributed by atoms with Crippen LogP contribution in [0.3, 0.4) is 0 Å². The van der Waals surface area contributed by atoms with Gasteiger partial charge in [-0.05, 0) is 75.9 Å². The number of anilines is 1. The molecule has 3 aliphatic heterocycles. The van der Waals surface area contributed by atoms with Crippen molar-refractivity contribution < 1.29 is 13.9 Å². The second kappa shape index (κ2) is 9.02. The molecule has 3 heterocycles. The lowest BCUT2D eigenvalue weighted by atomic mass is 9.80. The Morgan fingerprint density at radius 3 is 2.62 bits per heavy atom. The summed E-state index contributed by atoms with van der Waals surface area (Å²) in [6.45, 7) is 9.76. The number of benzene rings is 2. The number of amidine groups is 1. The maximum atomic E-state index is 14.1. The third kappa shape index (κ3) is 4.17. The summed E-state index contributed by atoms with van der Waals surface area (Å²) in [5, 5.41) is 0. The Kier molecular flexibility index (Phi) is 6.06. The van der Waals surface area contributed by atoms with Gasteiger partial charge in [0.2, 0.25) is 0 Å². The lowest BCUT2D eigenvalue weighted by Crippen LogP contribution is -2.64. The van der Waals surface area contributed by atoms with Crippen molar-refractivity contribution in [2.45, 2.75) is 64.3 Å². The number of nitrogens with zero attached hydrogens (tertiary/aromatic N) is 4. The smallest absolute Gasteiger partial charge is 0.350 e. The van der Waals surface area contributed by atoms with Crippen molar-refractivity contribution in [3.8, 4) is 5.75 Å². The molecule has 6 nitrogen and oxygen atoms in total. The molecule has 0 bridgehead atoms. The number of ether oxygens (including phenoxy) is 1. The van der Waals surface area contributed by atoms with Crippen LogP contribution in [0.25, 0.3) is 0 Å².